The minimum Gasteiger partial charge on any atom is -0.507 e. The smallest absolute Gasteiger partial charge is 0.125 e. The molecule has 0 fully saturated rings. The Balaban J connectivity index is 1.99. The highest BCUT2D eigenvalue weighted by Crippen LogP contribution is 2.26. The third kappa shape index (κ3) is 1.95. The molecule has 0 aliphatic carbocycles. The van der Waals surface area contributed by atoms with Crippen molar-refractivity contribution in [3.05, 3.63) is 65.6 Å². The van der Waals surface area contributed by atoms with E-state index in [1.54, 1.807) is 18.3 Å². The van der Waals surface area contributed by atoms with E-state index in [0.717, 1.165) is 22.0 Å². The number of aromatic amines is 1. The van der Waals surface area contributed by atoms with Crippen molar-refractivity contribution in [2.45, 2.75) is 6.42 Å². The van der Waals surface area contributed by atoms with Gasteiger partial charge in [-0.3, -0.25) is 0 Å². The second-order valence-corrected chi connectivity index (χ2v) is 4.36. The Labute approximate surface area is 104 Å². The van der Waals surface area contributed by atoms with Crippen LogP contribution in [0.1, 0.15) is 11.1 Å². The van der Waals surface area contributed by atoms with Crippen molar-refractivity contribution in [1.82, 2.24) is 4.98 Å². The molecular weight excluding hydrogens is 229 g/mol. The first kappa shape index (κ1) is 10.8. The average molecular weight is 241 g/mol. The summed E-state index contributed by atoms with van der Waals surface area (Å²) in [5.41, 5.74) is 2.73. The van der Waals surface area contributed by atoms with Gasteiger partial charge < -0.3 is 10.1 Å². The monoisotopic (exact) mass is 241 g/mol. The van der Waals surface area contributed by atoms with E-state index < -0.39 is 0 Å². The maximum Gasteiger partial charge on any atom is 0.125 e. The van der Waals surface area contributed by atoms with Crippen LogP contribution in [0.3, 0.4) is 0 Å². The van der Waals surface area contributed by atoms with Crippen molar-refractivity contribution in [2.75, 3.05) is 0 Å². The average Bonchev–Trinajstić information content (AvgIpc) is 2.77. The molecule has 0 saturated carbocycles. The quantitative estimate of drug-likeness (QED) is 0.706. The van der Waals surface area contributed by atoms with Gasteiger partial charge in [0.15, 0.2) is 0 Å². The van der Waals surface area contributed by atoms with E-state index in [4.69, 9.17) is 0 Å². The third-order valence-corrected chi connectivity index (χ3v) is 3.00. The molecule has 0 aliphatic rings. The highest BCUT2D eigenvalue weighted by atomic mass is 19.1. The molecule has 0 aliphatic heterocycles. The van der Waals surface area contributed by atoms with Crippen LogP contribution in [-0.2, 0) is 6.42 Å². The summed E-state index contributed by atoms with van der Waals surface area (Å²) in [5, 5.41) is 10.7. The lowest BCUT2D eigenvalue weighted by molar-refractivity contribution is 0.481. The van der Waals surface area contributed by atoms with Crippen molar-refractivity contribution >= 4 is 10.9 Å². The molecule has 3 aromatic rings. The fraction of sp³-hybridized carbons (Fsp3) is 0.0667. The third-order valence-electron chi connectivity index (χ3n) is 3.00. The molecule has 1 aromatic heterocycles. The molecule has 2 nitrogen and oxygen atoms in total. The zero-order valence-corrected chi connectivity index (χ0v) is 9.65. The van der Waals surface area contributed by atoms with Gasteiger partial charge >= 0.3 is 0 Å². The molecule has 3 heteroatoms. The fourth-order valence-corrected chi connectivity index (χ4v) is 2.19. The maximum absolute atomic E-state index is 13.1. The number of rotatable bonds is 2. The van der Waals surface area contributed by atoms with E-state index >= 15 is 0 Å². The Morgan fingerprint density at radius 3 is 2.78 bits per heavy atom. The lowest BCUT2D eigenvalue weighted by atomic mass is 10.0. The highest BCUT2D eigenvalue weighted by Gasteiger charge is 2.05. The van der Waals surface area contributed by atoms with Gasteiger partial charge in [0.05, 0.1) is 0 Å². The molecule has 0 spiro atoms. The molecule has 2 aromatic carbocycles. The Morgan fingerprint density at radius 2 is 1.94 bits per heavy atom. The number of halogens is 1. The van der Waals surface area contributed by atoms with Gasteiger partial charge in [0.2, 0.25) is 0 Å². The van der Waals surface area contributed by atoms with E-state index in [1.165, 1.54) is 12.1 Å². The molecule has 1 heterocycles. The van der Waals surface area contributed by atoms with E-state index in [-0.39, 0.29) is 11.6 Å². The molecule has 3 rings (SSSR count). The molecule has 2 N–H and O–H groups in total. The second-order valence-electron chi connectivity index (χ2n) is 4.36. The number of aromatic hydroxyl groups is 1. The summed E-state index contributed by atoms with van der Waals surface area (Å²) < 4.78 is 13.1. The van der Waals surface area contributed by atoms with E-state index in [2.05, 4.69) is 4.98 Å². The van der Waals surface area contributed by atoms with Crippen LogP contribution < -0.4 is 0 Å². The molecule has 0 atom stereocenters. The molecule has 0 saturated heterocycles. The number of hydrogen-bond acceptors (Lipinski definition) is 1. The van der Waals surface area contributed by atoms with Crippen LogP contribution >= 0.6 is 0 Å². The van der Waals surface area contributed by atoms with Crippen LogP contribution in [0.25, 0.3) is 10.9 Å². The molecular formula is C15H12FNO. The summed E-state index contributed by atoms with van der Waals surface area (Å²) in [4.78, 5) is 3.06. The van der Waals surface area contributed by atoms with Gasteiger partial charge in [0, 0.05) is 17.1 Å². The first-order valence-corrected chi connectivity index (χ1v) is 5.76. The van der Waals surface area contributed by atoms with Crippen LogP contribution in [0.4, 0.5) is 4.39 Å². The van der Waals surface area contributed by atoms with Crippen LogP contribution in [0, 0.1) is 5.82 Å². The van der Waals surface area contributed by atoms with E-state index in [9.17, 15) is 9.50 Å². The summed E-state index contributed by atoms with van der Waals surface area (Å²) in [6.07, 6.45) is 2.39. The van der Waals surface area contributed by atoms with Crippen LogP contribution in [0.15, 0.2) is 48.7 Å². The SMILES string of the molecule is Oc1cc(Cc2cccc(F)c2)cc2[nH]ccc12. The topological polar surface area (TPSA) is 36.0 Å². The number of phenols is 1. The predicted octanol–water partition coefficient (Wildman–Crippen LogP) is 3.60. The molecule has 90 valence electrons. The number of nitrogens with one attached hydrogen (secondary N) is 1. The fourth-order valence-electron chi connectivity index (χ4n) is 2.19. The number of fused-ring (bicyclic) bond motifs is 1. The molecule has 0 radical (unpaired) electrons. The number of H-pyrrole nitrogens is 1. The van der Waals surface area contributed by atoms with Gasteiger partial charge in [-0.25, -0.2) is 4.39 Å². The first-order chi connectivity index (χ1) is 8.72. The number of aromatic nitrogens is 1. The molecule has 0 amide bonds. The Hall–Kier alpha value is -2.29. The minimum absolute atomic E-state index is 0.238. The van der Waals surface area contributed by atoms with Gasteiger partial charge in [-0.1, -0.05) is 12.1 Å². The van der Waals surface area contributed by atoms with Crippen molar-refractivity contribution in [3.63, 3.8) is 0 Å². The zero-order chi connectivity index (χ0) is 12.5. The Bertz CT molecular complexity index is 703. The van der Waals surface area contributed by atoms with Crippen molar-refractivity contribution in [3.8, 4) is 5.75 Å². The standard InChI is InChI=1S/C15H12FNO/c16-12-3-1-2-10(7-12)6-11-8-14-13(4-5-17-14)15(18)9-11/h1-5,7-9,17-18H,6H2. The van der Waals surface area contributed by atoms with Crippen molar-refractivity contribution < 1.29 is 9.50 Å². The summed E-state index contributed by atoms with van der Waals surface area (Å²) >= 11 is 0. The predicted molar refractivity (Wildman–Crippen MR) is 69.2 cm³/mol. The number of hydrogen-bond donors (Lipinski definition) is 2. The normalized spacial score (nSPS) is 10.9. The largest absolute Gasteiger partial charge is 0.507 e. The lowest BCUT2D eigenvalue weighted by Crippen LogP contribution is -1.89. The zero-order valence-electron chi connectivity index (χ0n) is 9.65. The van der Waals surface area contributed by atoms with Gasteiger partial charge in [0.1, 0.15) is 11.6 Å². The molecule has 0 unspecified atom stereocenters. The van der Waals surface area contributed by atoms with E-state index in [0.29, 0.717) is 6.42 Å². The Kier molecular flexibility index (Phi) is 2.52. The van der Waals surface area contributed by atoms with Gasteiger partial charge in [-0.2, -0.15) is 0 Å². The highest BCUT2D eigenvalue weighted by molar-refractivity contribution is 5.86. The van der Waals surface area contributed by atoms with E-state index in [1.807, 2.05) is 18.2 Å². The number of phenolic OH excluding ortho intramolecular Hbond substituents is 1. The minimum atomic E-state index is -0.238. The summed E-state index contributed by atoms with van der Waals surface area (Å²) in [6, 6.07) is 12.0. The van der Waals surface area contributed by atoms with Crippen molar-refractivity contribution in [2.24, 2.45) is 0 Å². The summed E-state index contributed by atoms with van der Waals surface area (Å²) in [6.45, 7) is 0. The van der Waals surface area contributed by atoms with Crippen LogP contribution in [0.5, 0.6) is 5.75 Å². The van der Waals surface area contributed by atoms with Gasteiger partial charge in [0.25, 0.3) is 0 Å². The number of benzene rings is 2. The second kappa shape index (κ2) is 4.18. The summed E-state index contributed by atoms with van der Waals surface area (Å²) in [5.74, 6) is 0.0119. The maximum atomic E-state index is 13.1. The van der Waals surface area contributed by atoms with Crippen molar-refractivity contribution in [1.29, 1.82) is 0 Å². The summed E-state index contributed by atoms with van der Waals surface area (Å²) in [7, 11) is 0. The first-order valence-electron chi connectivity index (χ1n) is 5.76. The molecule has 0 bridgehead atoms. The lowest BCUT2D eigenvalue weighted by Gasteiger charge is -2.04. The molecule has 18 heavy (non-hydrogen) atoms. The van der Waals surface area contributed by atoms with Crippen LogP contribution in [0.2, 0.25) is 0 Å². The van der Waals surface area contributed by atoms with Gasteiger partial charge in [-0.15, -0.1) is 0 Å². The Morgan fingerprint density at radius 1 is 1.06 bits per heavy atom. The van der Waals surface area contributed by atoms with Gasteiger partial charge in [-0.05, 0) is 47.9 Å². The van der Waals surface area contributed by atoms with Crippen LogP contribution in [-0.4, -0.2) is 10.1 Å².